The Morgan fingerprint density at radius 2 is 2.30 bits per heavy atom. The highest BCUT2D eigenvalue weighted by molar-refractivity contribution is 6.32. The molecule has 0 radical (unpaired) electrons. The van der Waals surface area contributed by atoms with Crippen LogP contribution < -0.4 is 0 Å². The van der Waals surface area contributed by atoms with Crippen LogP contribution in [0.2, 0.25) is 5.02 Å². The van der Waals surface area contributed by atoms with E-state index >= 15 is 0 Å². The van der Waals surface area contributed by atoms with Gasteiger partial charge in [-0.3, -0.25) is 0 Å². The molecule has 9 heteroatoms. The molecule has 2 rings (SSSR count). The summed E-state index contributed by atoms with van der Waals surface area (Å²) >= 11 is 5.72. The minimum absolute atomic E-state index is 0.0436. The van der Waals surface area contributed by atoms with Gasteiger partial charge in [-0.15, -0.1) is 0 Å². The Hall–Kier alpha value is -2.35. The van der Waals surface area contributed by atoms with Gasteiger partial charge in [-0.1, -0.05) is 11.6 Å². The number of nitro groups is 1. The second-order valence-corrected chi connectivity index (χ2v) is 4.31. The number of hydrogen-bond donors (Lipinski definition) is 0. The van der Waals surface area contributed by atoms with Gasteiger partial charge < -0.3 is 19.3 Å². The van der Waals surface area contributed by atoms with Crippen LogP contribution >= 0.6 is 11.6 Å². The third-order valence-electron chi connectivity index (χ3n) is 2.66. The van der Waals surface area contributed by atoms with Crippen molar-refractivity contribution in [2.45, 2.75) is 13.0 Å². The van der Waals surface area contributed by atoms with Crippen molar-refractivity contribution >= 4 is 23.4 Å². The minimum Gasteiger partial charge on any atom is -0.463 e. The van der Waals surface area contributed by atoms with Gasteiger partial charge in [0.15, 0.2) is 5.02 Å². The first-order valence-corrected chi connectivity index (χ1v) is 5.89. The quantitative estimate of drug-likeness (QED) is 0.488. The van der Waals surface area contributed by atoms with Crippen LogP contribution in [-0.2, 0) is 4.74 Å². The highest BCUT2D eigenvalue weighted by Gasteiger charge is 2.25. The zero-order valence-corrected chi connectivity index (χ0v) is 11.3. The van der Waals surface area contributed by atoms with E-state index in [0.29, 0.717) is 5.76 Å². The zero-order valence-electron chi connectivity index (χ0n) is 10.6. The van der Waals surface area contributed by atoms with Crippen LogP contribution in [0.25, 0.3) is 0 Å². The Labute approximate surface area is 118 Å². The Balaban J connectivity index is 2.29. The lowest BCUT2D eigenvalue weighted by atomic mass is 10.2. The maximum Gasteiger partial charge on any atom is 0.408 e. The molecule has 0 spiro atoms. The van der Waals surface area contributed by atoms with E-state index in [4.69, 9.17) is 16.0 Å². The maximum atomic E-state index is 11.3. The summed E-state index contributed by atoms with van der Waals surface area (Å²) < 4.78 is 11.1. The van der Waals surface area contributed by atoms with Gasteiger partial charge in [0.05, 0.1) is 18.4 Å². The molecule has 1 atom stereocenters. The van der Waals surface area contributed by atoms with Gasteiger partial charge in [0.25, 0.3) is 0 Å². The second kappa shape index (κ2) is 5.33. The van der Waals surface area contributed by atoms with Gasteiger partial charge in [-0.25, -0.2) is 4.79 Å². The summed E-state index contributed by atoms with van der Waals surface area (Å²) in [5.74, 6) is -0.590. The van der Waals surface area contributed by atoms with Crippen LogP contribution in [0.15, 0.2) is 22.7 Å². The fourth-order valence-electron chi connectivity index (χ4n) is 1.60. The predicted octanol–water partition coefficient (Wildman–Crippen LogP) is 2.43. The number of hydrogen-bond acceptors (Lipinski definition) is 6. The first-order valence-electron chi connectivity index (χ1n) is 5.51. The largest absolute Gasteiger partial charge is 0.463 e. The number of ether oxygens (including phenoxy) is 1. The number of furan rings is 1. The topological polar surface area (TPSA) is 100 Å². The van der Waals surface area contributed by atoms with Gasteiger partial charge in [0.2, 0.25) is 5.76 Å². The normalized spacial score (nSPS) is 12.2. The lowest BCUT2D eigenvalue weighted by Crippen LogP contribution is -2.07. The molecule has 0 amide bonds. The minimum atomic E-state index is -0.673. The molecule has 1 unspecified atom stereocenters. The van der Waals surface area contributed by atoms with Crippen molar-refractivity contribution in [1.29, 1.82) is 0 Å². The van der Waals surface area contributed by atoms with Crippen LogP contribution in [0.1, 0.15) is 29.3 Å². The smallest absolute Gasteiger partial charge is 0.408 e. The summed E-state index contributed by atoms with van der Waals surface area (Å²) in [5.41, 5.74) is 0. The van der Waals surface area contributed by atoms with Crippen LogP contribution in [0.5, 0.6) is 0 Å². The van der Waals surface area contributed by atoms with E-state index < -0.39 is 22.8 Å². The van der Waals surface area contributed by atoms with Crippen LogP contribution in [0.3, 0.4) is 0 Å². The number of methoxy groups -OCH3 is 1. The lowest BCUT2D eigenvalue weighted by molar-refractivity contribution is -0.389. The molecule has 0 saturated heterocycles. The van der Waals surface area contributed by atoms with Crippen LogP contribution in [0.4, 0.5) is 5.82 Å². The molecular weight excluding hydrogens is 290 g/mol. The molecule has 2 aromatic rings. The van der Waals surface area contributed by atoms with Gasteiger partial charge in [0, 0.05) is 0 Å². The fraction of sp³-hybridized carbons (Fsp3) is 0.273. The van der Waals surface area contributed by atoms with Gasteiger partial charge in [0.1, 0.15) is 11.8 Å². The number of aromatic nitrogens is 2. The summed E-state index contributed by atoms with van der Waals surface area (Å²) in [6.45, 7) is 1.70. The zero-order chi connectivity index (χ0) is 14.9. The fourth-order valence-corrected chi connectivity index (χ4v) is 1.81. The van der Waals surface area contributed by atoms with Crippen LogP contribution in [-0.4, -0.2) is 27.8 Å². The molecule has 2 aromatic heterocycles. The first-order chi connectivity index (χ1) is 9.43. The van der Waals surface area contributed by atoms with Crippen molar-refractivity contribution in [2.24, 2.45) is 0 Å². The van der Waals surface area contributed by atoms with Crippen molar-refractivity contribution in [3.63, 3.8) is 0 Å². The lowest BCUT2D eigenvalue weighted by Gasteiger charge is -2.04. The second-order valence-electron chi connectivity index (χ2n) is 3.91. The molecule has 0 aliphatic heterocycles. The highest BCUT2D eigenvalue weighted by Crippen LogP contribution is 2.27. The molecule has 0 aliphatic carbocycles. The van der Waals surface area contributed by atoms with Crippen molar-refractivity contribution in [2.75, 3.05) is 7.11 Å². The standard InChI is InChI=1S/C11H10ClN3O5/c1-6(8-3-4-9(20-8)11(16)19-2)14-5-7(12)10(13-14)15(17)18/h3-6H,1-2H3. The van der Waals surface area contributed by atoms with Crippen molar-refractivity contribution in [1.82, 2.24) is 9.78 Å². The van der Waals surface area contributed by atoms with E-state index in [-0.39, 0.29) is 10.8 Å². The summed E-state index contributed by atoms with van der Waals surface area (Å²) in [6, 6.07) is 2.56. The highest BCUT2D eigenvalue weighted by atomic mass is 35.5. The van der Waals surface area contributed by atoms with E-state index in [1.54, 1.807) is 13.0 Å². The molecule has 0 aliphatic rings. The van der Waals surface area contributed by atoms with Crippen molar-refractivity contribution in [3.05, 3.63) is 45.0 Å². The first kappa shape index (κ1) is 14.1. The number of halogens is 1. The van der Waals surface area contributed by atoms with E-state index in [9.17, 15) is 14.9 Å². The SMILES string of the molecule is COC(=O)c1ccc(C(C)n2cc(Cl)c([N+](=O)[O-])n2)o1. The van der Waals surface area contributed by atoms with Gasteiger partial charge >= 0.3 is 11.8 Å². The molecule has 20 heavy (non-hydrogen) atoms. The number of rotatable bonds is 4. The monoisotopic (exact) mass is 299 g/mol. The summed E-state index contributed by atoms with van der Waals surface area (Å²) in [7, 11) is 1.24. The average Bonchev–Trinajstić information content (AvgIpc) is 3.03. The molecule has 0 bridgehead atoms. The van der Waals surface area contributed by atoms with Gasteiger partial charge in [-0.2, -0.15) is 4.68 Å². The van der Waals surface area contributed by atoms with Crippen molar-refractivity contribution < 1.29 is 18.9 Å². The average molecular weight is 300 g/mol. The van der Waals surface area contributed by atoms with E-state index in [2.05, 4.69) is 9.84 Å². The Kier molecular flexibility index (Phi) is 3.75. The molecule has 0 fully saturated rings. The Morgan fingerprint density at radius 3 is 2.85 bits per heavy atom. The van der Waals surface area contributed by atoms with E-state index in [0.717, 1.165) is 0 Å². The Morgan fingerprint density at radius 1 is 1.60 bits per heavy atom. The summed E-state index contributed by atoms with van der Waals surface area (Å²) in [4.78, 5) is 21.3. The van der Waals surface area contributed by atoms with E-state index in [1.807, 2.05) is 0 Å². The maximum absolute atomic E-state index is 11.3. The third kappa shape index (κ3) is 2.50. The molecule has 8 nitrogen and oxygen atoms in total. The Bertz CT molecular complexity index is 663. The molecule has 0 aromatic carbocycles. The predicted molar refractivity (Wildman–Crippen MR) is 67.8 cm³/mol. The summed E-state index contributed by atoms with van der Waals surface area (Å²) in [6.07, 6.45) is 1.32. The molecule has 2 heterocycles. The van der Waals surface area contributed by atoms with Gasteiger partial charge in [-0.05, 0) is 24.0 Å². The molecule has 106 valence electrons. The third-order valence-corrected chi connectivity index (χ3v) is 2.93. The number of nitrogens with zero attached hydrogens (tertiary/aromatic N) is 3. The van der Waals surface area contributed by atoms with Crippen molar-refractivity contribution in [3.8, 4) is 0 Å². The number of esters is 1. The van der Waals surface area contributed by atoms with Crippen LogP contribution in [0, 0.1) is 10.1 Å². The summed E-state index contributed by atoms with van der Waals surface area (Å²) in [5, 5.41) is 14.4. The molecule has 0 N–H and O–H groups in total. The molecular formula is C11H10ClN3O5. The number of carbonyl (C=O) groups is 1. The number of carbonyl (C=O) groups excluding carboxylic acids is 1. The van der Waals surface area contributed by atoms with E-state index in [1.165, 1.54) is 24.1 Å². The molecule has 0 saturated carbocycles.